The molecule has 0 saturated carbocycles. The number of benzene rings is 1. The molecule has 2 N–H and O–H groups in total. The van der Waals surface area contributed by atoms with Crippen molar-refractivity contribution in [3.63, 3.8) is 0 Å². The van der Waals surface area contributed by atoms with Crippen LogP contribution < -0.4 is 10.6 Å². The van der Waals surface area contributed by atoms with E-state index >= 15 is 0 Å². The Labute approximate surface area is 90.2 Å². The van der Waals surface area contributed by atoms with E-state index < -0.39 is 0 Å². The Morgan fingerprint density at radius 2 is 2.27 bits per heavy atom. The van der Waals surface area contributed by atoms with Crippen molar-refractivity contribution in [3.8, 4) is 0 Å². The van der Waals surface area contributed by atoms with Crippen LogP contribution in [0.2, 0.25) is 0 Å². The molecule has 0 radical (unpaired) electrons. The molecule has 1 atom stereocenters. The van der Waals surface area contributed by atoms with Crippen molar-refractivity contribution in [2.24, 2.45) is 5.73 Å². The second-order valence-electron chi connectivity index (χ2n) is 3.63. The number of halogens is 1. The second-order valence-corrected chi connectivity index (χ2v) is 3.63. The summed E-state index contributed by atoms with van der Waals surface area (Å²) in [4.78, 5) is 1.93. The van der Waals surface area contributed by atoms with Gasteiger partial charge in [-0.25, -0.2) is 4.39 Å². The van der Waals surface area contributed by atoms with E-state index in [9.17, 15) is 4.39 Å². The summed E-state index contributed by atoms with van der Waals surface area (Å²) in [6, 6.07) is 4.68. The maximum absolute atomic E-state index is 13.6. The first-order valence-electron chi connectivity index (χ1n) is 4.94. The number of hydrogen-bond donors (Lipinski definition) is 1. The van der Waals surface area contributed by atoms with Gasteiger partial charge in [0.1, 0.15) is 5.82 Å². The molecule has 0 aromatic heterocycles. The molecular weight excluding hydrogens is 191 g/mol. The normalized spacial score (nSPS) is 12.3. The first-order valence-corrected chi connectivity index (χ1v) is 4.94. The zero-order chi connectivity index (χ0) is 11.4. The summed E-state index contributed by atoms with van der Waals surface area (Å²) >= 11 is 0. The summed E-state index contributed by atoms with van der Waals surface area (Å²) in [5, 5.41) is 0. The monoisotopic (exact) mass is 208 g/mol. The predicted octanol–water partition coefficient (Wildman–Crippen LogP) is 2.47. The van der Waals surface area contributed by atoms with E-state index in [1.165, 1.54) is 6.07 Å². The molecule has 0 fully saturated rings. The zero-order valence-corrected chi connectivity index (χ0v) is 9.20. The Balaban J connectivity index is 3.16. The third-order valence-corrected chi connectivity index (χ3v) is 2.30. The van der Waals surface area contributed by atoms with Crippen molar-refractivity contribution in [1.82, 2.24) is 0 Å². The molecule has 1 unspecified atom stereocenters. The molecule has 0 bridgehead atoms. The summed E-state index contributed by atoms with van der Waals surface area (Å²) < 4.78 is 13.6. The van der Waals surface area contributed by atoms with Gasteiger partial charge in [-0.3, -0.25) is 0 Å². The summed E-state index contributed by atoms with van der Waals surface area (Å²) in [6.45, 7) is 6.11. The van der Waals surface area contributed by atoms with Gasteiger partial charge in [0.2, 0.25) is 0 Å². The van der Waals surface area contributed by atoms with Gasteiger partial charge in [-0.15, -0.1) is 6.58 Å². The van der Waals surface area contributed by atoms with Crippen LogP contribution in [-0.4, -0.2) is 13.6 Å². The van der Waals surface area contributed by atoms with Gasteiger partial charge >= 0.3 is 0 Å². The topological polar surface area (TPSA) is 29.3 Å². The van der Waals surface area contributed by atoms with Gasteiger partial charge in [0.25, 0.3) is 0 Å². The standard InChI is InChI=1S/C12H17FN2/c1-4-8-15(3)11-7-5-6-10(13)12(11)9(2)14/h4-7,9H,1,8,14H2,2-3H3. The molecule has 82 valence electrons. The fourth-order valence-electron chi connectivity index (χ4n) is 1.60. The number of rotatable bonds is 4. The molecule has 3 heteroatoms. The highest BCUT2D eigenvalue weighted by atomic mass is 19.1. The van der Waals surface area contributed by atoms with E-state index in [1.807, 2.05) is 18.0 Å². The van der Waals surface area contributed by atoms with E-state index in [2.05, 4.69) is 6.58 Å². The molecule has 0 saturated heterocycles. The van der Waals surface area contributed by atoms with E-state index in [0.717, 1.165) is 5.69 Å². The fraction of sp³-hybridized carbons (Fsp3) is 0.333. The third kappa shape index (κ3) is 2.57. The van der Waals surface area contributed by atoms with Gasteiger partial charge < -0.3 is 10.6 Å². The van der Waals surface area contributed by atoms with E-state index in [0.29, 0.717) is 12.1 Å². The summed E-state index contributed by atoms with van der Waals surface area (Å²) in [7, 11) is 1.89. The third-order valence-electron chi connectivity index (χ3n) is 2.30. The van der Waals surface area contributed by atoms with Gasteiger partial charge in [0.05, 0.1) is 0 Å². The zero-order valence-electron chi connectivity index (χ0n) is 9.20. The van der Waals surface area contributed by atoms with Crippen LogP contribution in [0.25, 0.3) is 0 Å². The van der Waals surface area contributed by atoms with Crippen LogP contribution in [0.15, 0.2) is 30.9 Å². The minimum absolute atomic E-state index is 0.251. The van der Waals surface area contributed by atoms with Gasteiger partial charge in [0.15, 0.2) is 0 Å². The quantitative estimate of drug-likeness (QED) is 0.770. The minimum atomic E-state index is -0.312. The van der Waals surface area contributed by atoms with Gasteiger partial charge in [-0.2, -0.15) is 0 Å². The molecule has 0 aliphatic heterocycles. The van der Waals surface area contributed by atoms with Crippen molar-refractivity contribution in [2.45, 2.75) is 13.0 Å². The molecule has 2 nitrogen and oxygen atoms in total. The second kappa shape index (κ2) is 4.94. The lowest BCUT2D eigenvalue weighted by atomic mass is 10.1. The van der Waals surface area contributed by atoms with E-state index in [-0.39, 0.29) is 11.9 Å². The van der Waals surface area contributed by atoms with E-state index in [1.54, 1.807) is 19.1 Å². The first-order chi connectivity index (χ1) is 7.07. The molecule has 0 aliphatic rings. The largest absolute Gasteiger partial charge is 0.371 e. The van der Waals surface area contributed by atoms with Crippen LogP contribution in [0.1, 0.15) is 18.5 Å². The van der Waals surface area contributed by atoms with Gasteiger partial charge in [-0.05, 0) is 19.1 Å². The van der Waals surface area contributed by atoms with Crippen molar-refractivity contribution in [3.05, 3.63) is 42.2 Å². The van der Waals surface area contributed by atoms with E-state index in [4.69, 9.17) is 5.73 Å². The highest BCUT2D eigenvalue weighted by Crippen LogP contribution is 2.26. The molecule has 0 amide bonds. The molecule has 1 rings (SSSR count). The molecule has 1 aromatic rings. The van der Waals surface area contributed by atoms with Crippen molar-refractivity contribution < 1.29 is 4.39 Å². The fourth-order valence-corrected chi connectivity index (χ4v) is 1.60. The van der Waals surface area contributed by atoms with Crippen LogP contribution in [0.3, 0.4) is 0 Å². The summed E-state index contributed by atoms with van der Waals surface area (Å²) in [6.07, 6.45) is 1.77. The Kier molecular flexibility index (Phi) is 3.86. The molecule has 0 heterocycles. The lowest BCUT2D eigenvalue weighted by molar-refractivity contribution is 0.593. The maximum atomic E-state index is 13.6. The first kappa shape index (κ1) is 11.7. The predicted molar refractivity (Wildman–Crippen MR) is 62.5 cm³/mol. The average Bonchev–Trinajstić information content (AvgIpc) is 2.17. The number of anilines is 1. The Bertz CT molecular complexity index is 347. The van der Waals surface area contributed by atoms with Crippen LogP contribution in [0, 0.1) is 5.82 Å². The van der Waals surface area contributed by atoms with Crippen molar-refractivity contribution in [2.75, 3.05) is 18.5 Å². The number of nitrogens with zero attached hydrogens (tertiary/aromatic N) is 1. The molecular formula is C12H17FN2. The maximum Gasteiger partial charge on any atom is 0.130 e. The van der Waals surface area contributed by atoms with Crippen LogP contribution in [0.4, 0.5) is 10.1 Å². The Morgan fingerprint density at radius 3 is 2.80 bits per heavy atom. The lowest BCUT2D eigenvalue weighted by Gasteiger charge is -2.22. The lowest BCUT2D eigenvalue weighted by Crippen LogP contribution is -2.21. The number of likely N-dealkylation sites (N-methyl/N-ethyl adjacent to an activating group) is 1. The van der Waals surface area contributed by atoms with Gasteiger partial charge in [-0.1, -0.05) is 12.1 Å². The molecule has 0 spiro atoms. The average molecular weight is 208 g/mol. The Morgan fingerprint density at radius 1 is 1.60 bits per heavy atom. The number of hydrogen-bond acceptors (Lipinski definition) is 2. The highest BCUT2D eigenvalue weighted by Gasteiger charge is 2.14. The van der Waals surface area contributed by atoms with Crippen LogP contribution >= 0.6 is 0 Å². The molecule has 0 aliphatic carbocycles. The number of nitrogens with two attached hydrogens (primary N) is 1. The molecule has 1 aromatic carbocycles. The summed E-state index contributed by atoms with van der Waals surface area (Å²) in [5.41, 5.74) is 7.14. The molecule has 15 heavy (non-hydrogen) atoms. The van der Waals surface area contributed by atoms with Gasteiger partial charge in [0, 0.05) is 30.9 Å². The smallest absolute Gasteiger partial charge is 0.130 e. The summed E-state index contributed by atoms with van der Waals surface area (Å²) in [5.74, 6) is -0.251. The highest BCUT2D eigenvalue weighted by molar-refractivity contribution is 5.55. The van der Waals surface area contributed by atoms with Crippen molar-refractivity contribution in [1.29, 1.82) is 0 Å². The SMILES string of the molecule is C=CCN(C)c1cccc(F)c1C(C)N. The van der Waals surface area contributed by atoms with Crippen LogP contribution in [-0.2, 0) is 0 Å². The minimum Gasteiger partial charge on any atom is -0.371 e. The Hall–Kier alpha value is -1.35. The van der Waals surface area contributed by atoms with Crippen molar-refractivity contribution >= 4 is 5.69 Å². The van der Waals surface area contributed by atoms with Crippen LogP contribution in [0.5, 0.6) is 0 Å².